The van der Waals surface area contributed by atoms with E-state index in [0.29, 0.717) is 0 Å². The van der Waals surface area contributed by atoms with E-state index in [0.717, 1.165) is 23.8 Å². The van der Waals surface area contributed by atoms with Crippen LogP contribution in [0.1, 0.15) is 222 Å². The van der Waals surface area contributed by atoms with Crippen LogP contribution >= 0.6 is 16.3 Å². The summed E-state index contributed by atoms with van der Waals surface area (Å²) in [5.74, 6) is 2.12. The average molecular weight is 1030 g/mol. The van der Waals surface area contributed by atoms with Crippen molar-refractivity contribution in [3.05, 3.63) is 153 Å². The minimum Gasteiger partial charge on any atom is -0.468 e. The Kier molecular flexibility index (Phi) is 14.2. The van der Waals surface area contributed by atoms with Gasteiger partial charge in [-0.3, -0.25) is 0 Å². The topological polar surface area (TPSA) is 18.5 Å². The van der Waals surface area contributed by atoms with Crippen LogP contribution in [0.15, 0.2) is 97.1 Å². The number of hydrogen-bond donors (Lipinski definition) is 0. The molecule has 6 aromatic rings. The summed E-state index contributed by atoms with van der Waals surface area (Å²) in [4.78, 5) is 0. The molecule has 0 aliphatic carbocycles. The van der Waals surface area contributed by atoms with Gasteiger partial charge in [0, 0.05) is 45.2 Å². The lowest BCUT2D eigenvalue weighted by Crippen LogP contribution is -2.20. The van der Waals surface area contributed by atoms with Crippen LogP contribution in [0.2, 0.25) is 0 Å². The van der Waals surface area contributed by atoms with Crippen molar-refractivity contribution in [1.29, 1.82) is 0 Å². The molecule has 0 spiro atoms. The van der Waals surface area contributed by atoms with Gasteiger partial charge >= 0.3 is 0 Å². The second kappa shape index (κ2) is 18.8. The van der Waals surface area contributed by atoms with E-state index in [1.807, 2.05) is 0 Å². The van der Waals surface area contributed by atoms with E-state index in [4.69, 9.17) is 9.05 Å². The molecule has 0 fully saturated rings. The first-order valence-corrected chi connectivity index (χ1v) is 30.5. The lowest BCUT2D eigenvalue weighted by atomic mass is 9.74. The lowest BCUT2D eigenvalue weighted by Gasteiger charge is -2.31. The standard InChI is InChI=1S/C70H92O2P2/c1-63(2,3)45-33-51-53-35-47(65(7,8)9)39-59(69(19,20)21)61(53)71-73(41-55(51)57(37-45)67(13,14)15)49-29-25-43(26-30-49)44-27-31-50(32-28-44)74-42-56-52(34-46(64(4,5)6)38-58(56)68(16,17)18)54-36-48(66(10,11)12)40-60(62(54)72-74)70(22,23)24/h25-40H,41-42H2,1-24H3. The summed E-state index contributed by atoms with van der Waals surface area (Å²) in [6, 6.07) is 38.6. The van der Waals surface area contributed by atoms with Gasteiger partial charge in [0.2, 0.25) is 0 Å². The van der Waals surface area contributed by atoms with E-state index in [1.165, 1.54) is 99.6 Å². The fourth-order valence-electron chi connectivity index (χ4n) is 10.7. The fourth-order valence-corrected chi connectivity index (χ4v) is 14.5. The molecule has 0 saturated carbocycles. The molecule has 8 rings (SSSR count). The highest BCUT2D eigenvalue weighted by molar-refractivity contribution is 7.60. The van der Waals surface area contributed by atoms with Gasteiger partial charge in [0.25, 0.3) is 0 Å². The Morgan fingerprint density at radius 1 is 0.284 bits per heavy atom. The van der Waals surface area contributed by atoms with Crippen LogP contribution in [0, 0.1) is 0 Å². The molecule has 0 radical (unpaired) electrons. The summed E-state index contributed by atoms with van der Waals surface area (Å²) >= 11 is 0. The predicted molar refractivity (Wildman–Crippen MR) is 327 cm³/mol. The largest absolute Gasteiger partial charge is 0.468 e. The van der Waals surface area contributed by atoms with E-state index < -0.39 is 16.3 Å². The zero-order chi connectivity index (χ0) is 54.8. The van der Waals surface area contributed by atoms with Crippen molar-refractivity contribution in [2.75, 3.05) is 0 Å². The molecule has 2 atom stereocenters. The van der Waals surface area contributed by atoms with Gasteiger partial charge in [-0.15, -0.1) is 0 Å². The van der Waals surface area contributed by atoms with E-state index >= 15 is 0 Å². The third-order valence-electron chi connectivity index (χ3n) is 15.6. The maximum absolute atomic E-state index is 7.59. The Bertz CT molecular complexity index is 2710. The summed E-state index contributed by atoms with van der Waals surface area (Å²) in [5.41, 5.74) is 21.0. The van der Waals surface area contributed by atoms with E-state index in [1.54, 1.807) is 0 Å². The third kappa shape index (κ3) is 11.3. The van der Waals surface area contributed by atoms with Crippen LogP contribution in [0.3, 0.4) is 0 Å². The first-order valence-electron chi connectivity index (χ1n) is 27.6. The van der Waals surface area contributed by atoms with Crippen LogP contribution in [0.5, 0.6) is 11.5 Å². The summed E-state index contributed by atoms with van der Waals surface area (Å²) in [6.07, 6.45) is 1.72. The van der Waals surface area contributed by atoms with Crippen LogP contribution in [0.4, 0.5) is 0 Å². The second-order valence-corrected chi connectivity index (χ2v) is 33.8. The highest BCUT2D eigenvalue weighted by Crippen LogP contribution is 2.58. The minimum absolute atomic E-state index is 0.00521. The monoisotopic (exact) mass is 1030 g/mol. The number of benzene rings is 6. The van der Waals surface area contributed by atoms with Crippen molar-refractivity contribution in [2.24, 2.45) is 0 Å². The quantitative estimate of drug-likeness (QED) is 0.165. The fraction of sp³-hybridized carbons (Fsp3) is 0.486. The molecule has 0 amide bonds. The van der Waals surface area contributed by atoms with Gasteiger partial charge in [-0.1, -0.05) is 251 Å². The Morgan fingerprint density at radius 2 is 0.527 bits per heavy atom. The normalized spacial score (nSPS) is 16.8. The molecule has 2 unspecified atom stereocenters. The molecule has 394 valence electrons. The van der Waals surface area contributed by atoms with Crippen molar-refractivity contribution in [3.8, 4) is 44.9 Å². The minimum atomic E-state index is -1.06. The molecule has 0 bridgehead atoms. The SMILES string of the molecule is CC(C)(C)c1cc2c(c(C(C)(C)C)c1)CP(c1ccc(-c3ccc(P4Cc5c(cc(C(C)(C)C)cc5C(C)(C)C)-c5cc(C(C)(C)C)cc(C(C)(C)C)c5O4)cc3)cc1)Oc1c-2cc(C(C)(C)C)cc1C(C)(C)C. The molecule has 4 heteroatoms. The zero-order valence-electron chi connectivity index (χ0n) is 50.4. The molecular weight excluding hydrogens is 935 g/mol. The van der Waals surface area contributed by atoms with Gasteiger partial charge in [0.15, 0.2) is 0 Å². The number of fused-ring (bicyclic) bond motifs is 6. The molecule has 0 aromatic heterocycles. The summed E-state index contributed by atoms with van der Waals surface area (Å²) in [5, 5.41) is 2.53. The average Bonchev–Trinajstić information content (AvgIpc) is 3.53. The molecule has 74 heavy (non-hydrogen) atoms. The van der Waals surface area contributed by atoms with Crippen LogP contribution in [-0.4, -0.2) is 0 Å². The van der Waals surface area contributed by atoms with E-state index in [2.05, 4.69) is 263 Å². The van der Waals surface area contributed by atoms with Crippen LogP contribution in [-0.2, 0) is 55.6 Å². The van der Waals surface area contributed by atoms with Crippen molar-refractivity contribution in [3.63, 3.8) is 0 Å². The Labute approximate surface area is 453 Å². The maximum atomic E-state index is 7.59. The number of hydrogen-bond acceptors (Lipinski definition) is 2. The zero-order valence-corrected chi connectivity index (χ0v) is 52.2. The van der Waals surface area contributed by atoms with Crippen LogP contribution in [0.25, 0.3) is 33.4 Å². The smallest absolute Gasteiger partial charge is 0.135 e. The molecule has 6 aromatic carbocycles. The first-order chi connectivity index (χ1) is 33.7. The van der Waals surface area contributed by atoms with Gasteiger partial charge in [0.05, 0.1) is 0 Å². The Balaban J connectivity index is 1.22. The summed E-state index contributed by atoms with van der Waals surface area (Å²) < 4.78 is 15.2. The van der Waals surface area contributed by atoms with Gasteiger partial charge < -0.3 is 9.05 Å². The molecule has 2 aliphatic rings. The van der Waals surface area contributed by atoms with Gasteiger partial charge in [-0.2, -0.15) is 0 Å². The van der Waals surface area contributed by atoms with Crippen molar-refractivity contribution in [2.45, 2.75) is 222 Å². The molecule has 0 N–H and O–H groups in total. The highest BCUT2D eigenvalue weighted by Gasteiger charge is 2.38. The summed E-state index contributed by atoms with van der Waals surface area (Å²) in [6.45, 7) is 56.5. The maximum Gasteiger partial charge on any atom is 0.135 e. The highest BCUT2D eigenvalue weighted by atomic mass is 31.1. The molecule has 2 aliphatic heterocycles. The molecular formula is C70H92O2P2. The van der Waals surface area contributed by atoms with Gasteiger partial charge in [0.1, 0.15) is 27.8 Å². The Morgan fingerprint density at radius 3 is 0.770 bits per heavy atom. The van der Waals surface area contributed by atoms with E-state index in [-0.39, 0.29) is 43.3 Å². The van der Waals surface area contributed by atoms with E-state index in [9.17, 15) is 0 Å². The van der Waals surface area contributed by atoms with Crippen molar-refractivity contribution >= 4 is 26.9 Å². The van der Waals surface area contributed by atoms with Gasteiger partial charge in [-0.25, -0.2) is 0 Å². The van der Waals surface area contributed by atoms with Crippen molar-refractivity contribution < 1.29 is 9.05 Å². The van der Waals surface area contributed by atoms with Gasteiger partial charge in [-0.05, 0) is 122 Å². The second-order valence-electron chi connectivity index (χ2n) is 30.3. The first kappa shape index (κ1) is 56.0. The van der Waals surface area contributed by atoms with Crippen LogP contribution < -0.4 is 19.7 Å². The predicted octanol–water partition coefficient (Wildman–Crippen LogP) is 20.3. The molecule has 2 nitrogen and oxygen atoms in total. The van der Waals surface area contributed by atoms with Crippen molar-refractivity contribution in [1.82, 2.24) is 0 Å². The third-order valence-corrected chi connectivity index (χ3v) is 19.4. The lowest BCUT2D eigenvalue weighted by molar-refractivity contribution is 0.530. The molecule has 0 saturated heterocycles. The Hall–Kier alpha value is -4.22. The summed E-state index contributed by atoms with van der Waals surface area (Å²) in [7, 11) is -2.13. The number of rotatable bonds is 3. The molecule has 2 heterocycles.